The number of hydrogen-bond acceptors (Lipinski definition) is 2. The van der Waals surface area contributed by atoms with Gasteiger partial charge in [-0.15, -0.1) is 0 Å². The van der Waals surface area contributed by atoms with Crippen LogP contribution in [-0.2, 0) is 0 Å². The number of ketones is 1. The van der Waals surface area contributed by atoms with Crippen LogP contribution >= 0.6 is 11.6 Å². The quantitative estimate of drug-likeness (QED) is 0.757. The summed E-state index contributed by atoms with van der Waals surface area (Å²) in [6.07, 6.45) is 1.64. The molecule has 2 aromatic rings. The van der Waals surface area contributed by atoms with E-state index in [4.69, 9.17) is 11.6 Å². The number of benzene rings is 1. The van der Waals surface area contributed by atoms with Gasteiger partial charge in [0.15, 0.2) is 0 Å². The molecule has 0 aliphatic carbocycles. The molecule has 0 saturated heterocycles. The number of aromatic nitrogens is 1. The van der Waals surface area contributed by atoms with Crippen molar-refractivity contribution in [3.8, 4) is 0 Å². The minimum atomic E-state index is -0.101. The number of pyridine rings is 1. The lowest BCUT2D eigenvalue weighted by molar-refractivity contribution is 0.103. The number of hydrogen-bond donors (Lipinski definition) is 0. The smallest absolute Gasteiger partial charge is 0.211 e. The zero-order chi connectivity index (χ0) is 12.4. The van der Waals surface area contributed by atoms with Crippen LogP contribution in [0.4, 0.5) is 0 Å². The Bertz CT molecular complexity index is 578. The number of halogens is 1. The molecule has 1 aromatic carbocycles. The van der Waals surface area contributed by atoms with Crippen molar-refractivity contribution in [2.24, 2.45) is 0 Å². The molecule has 3 heteroatoms. The van der Waals surface area contributed by atoms with E-state index in [2.05, 4.69) is 4.98 Å². The first kappa shape index (κ1) is 11.8. The Morgan fingerprint density at radius 1 is 1.18 bits per heavy atom. The van der Waals surface area contributed by atoms with Crippen LogP contribution in [0.5, 0.6) is 0 Å². The Balaban J connectivity index is 2.40. The van der Waals surface area contributed by atoms with Crippen molar-refractivity contribution < 1.29 is 4.79 Å². The Morgan fingerprint density at radius 3 is 2.59 bits per heavy atom. The molecule has 17 heavy (non-hydrogen) atoms. The largest absolute Gasteiger partial charge is 0.287 e. The number of nitrogens with zero attached hydrogens (tertiary/aromatic N) is 1. The summed E-state index contributed by atoms with van der Waals surface area (Å²) in [5.74, 6) is -0.101. The number of carbonyl (C=O) groups excluding carboxylic acids is 1. The lowest BCUT2D eigenvalue weighted by Gasteiger charge is -2.03. The zero-order valence-electron chi connectivity index (χ0n) is 9.70. The monoisotopic (exact) mass is 245 g/mol. The summed E-state index contributed by atoms with van der Waals surface area (Å²) in [5, 5.41) is 0.600. The molecule has 86 valence electrons. The first-order chi connectivity index (χ1) is 8.08. The highest BCUT2D eigenvalue weighted by molar-refractivity contribution is 6.31. The molecular weight excluding hydrogens is 234 g/mol. The van der Waals surface area contributed by atoms with Gasteiger partial charge in [-0.2, -0.15) is 0 Å². The molecule has 0 atom stereocenters. The molecule has 0 fully saturated rings. The summed E-state index contributed by atoms with van der Waals surface area (Å²) in [5.41, 5.74) is 2.99. The van der Waals surface area contributed by atoms with Gasteiger partial charge in [-0.25, -0.2) is 0 Å². The molecule has 0 aliphatic rings. The fourth-order valence-corrected chi connectivity index (χ4v) is 1.72. The van der Waals surface area contributed by atoms with Crippen molar-refractivity contribution >= 4 is 17.4 Å². The second-order valence-corrected chi connectivity index (χ2v) is 4.42. The van der Waals surface area contributed by atoms with E-state index in [1.807, 2.05) is 26.0 Å². The van der Waals surface area contributed by atoms with Gasteiger partial charge in [0.2, 0.25) is 5.78 Å². The fourth-order valence-electron chi connectivity index (χ4n) is 1.54. The van der Waals surface area contributed by atoms with Gasteiger partial charge in [-0.1, -0.05) is 23.7 Å². The molecule has 0 bridgehead atoms. The second-order valence-electron chi connectivity index (χ2n) is 4.01. The molecule has 1 heterocycles. The van der Waals surface area contributed by atoms with Crippen LogP contribution < -0.4 is 0 Å². The second kappa shape index (κ2) is 4.68. The van der Waals surface area contributed by atoms with Gasteiger partial charge in [-0.3, -0.25) is 9.78 Å². The Hall–Kier alpha value is -1.67. The van der Waals surface area contributed by atoms with Gasteiger partial charge in [0, 0.05) is 16.8 Å². The van der Waals surface area contributed by atoms with E-state index in [-0.39, 0.29) is 5.78 Å². The maximum absolute atomic E-state index is 12.1. The summed E-state index contributed by atoms with van der Waals surface area (Å²) in [4.78, 5) is 16.2. The van der Waals surface area contributed by atoms with E-state index in [0.717, 1.165) is 11.1 Å². The molecule has 0 spiro atoms. The summed E-state index contributed by atoms with van der Waals surface area (Å²) in [7, 11) is 0. The van der Waals surface area contributed by atoms with Crippen LogP contribution in [-0.4, -0.2) is 10.8 Å². The van der Waals surface area contributed by atoms with Crippen molar-refractivity contribution in [1.82, 2.24) is 4.98 Å². The van der Waals surface area contributed by atoms with Crippen molar-refractivity contribution in [2.75, 3.05) is 0 Å². The van der Waals surface area contributed by atoms with Crippen LogP contribution in [0.15, 0.2) is 36.5 Å². The average molecular weight is 246 g/mol. The van der Waals surface area contributed by atoms with Crippen molar-refractivity contribution in [1.29, 1.82) is 0 Å². The van der Waals surface area contributed by atoms with Crippen LogP contribution in [0.2, 0.25) is 5.02 Å². The summed E-state index contributed by atoms with van der Waals surface area (Å²) >= 11 is 6.00. The van der Waals surface area contributed by atoms with Crippen LogP contribution in [0, 0.1) is 13.8 Å². The summed E-state index contributed by atoms with van der Waals surface area (Å²) in [6.45, 7) is 3.84. The molecule has 2 nitrogen and oxygen atoms in total. The predicted octanol–water partition coefficient (Wildman–Crippen LogP) is 3.58. The highest BCUT2D eigenvalue weighted by Crippen LogP contribution is 2.18. The standard InChI is InChI=1S/C14H12ClNO/c1-9-5-6-16-13(7-9)14(17)11-4-3-10(2)12(15)8-11/h3-8H,1-2H3. The molecule has 0 N–H and O–H groups in total. The number of carbonyl (C=O) groups is 1. The van der Waals surface area contributed by atoms with Gasteiger partial charge >= 0.3 is 0 Å². The molecule has 0 amide bonds. The van der Waals surface area contributed by atoms with E-state index < -0.39 is 0 Å². The maximum Gasteiger partial charge on any atom is 0.211 e. The van der Waals surface area contributed by atoms with E-state index in [1.165, 1.54) is 0 Å². The molecule has 0 radical (unpaired) electrons. The number of aryl methyl sites for hydroxylation is 2. The minimum absolute atomic E-state index is 0.101. The summed E-state index contributed by atoms with van der Waals surface area (Å²) < 4.78 is 0. The van der Waals surface area contributed by atoms with Gasteiger partial charge < -0.3 is 0 Å². The van der Waals surface area contributed by atoms with Crippen LogP contribution in [0.25, 0.3) is 0 Å². The molecule has 0 saturated carbocycles. The lowest BCUT2D eigenvalue weighted by Crippen LogP contribution is -2.04. The normalized spacial score (nSPS) is 10.3. The fraction of sp³-hybridized carbons (Fsp3) is 0.143. The highest BCUT2D eigenvalue weighted by atomic mass is 35.5. The maximum atomic E-state index is 12.1. The Labute approximate surface area is 105 Å². The van der Waals surface area contributed by atoms with Gasteiger partial charge in [0.25, 0.3) is 0 Å². The summed E-state index contributed by atoms with van der Waals surface area (Å²) in [6, 6.07) is 8.93. The van der Waals surface area contributed by atoms with Crippen molar-refractivity contribution in [3.05, 3.63) is 63.9 Å². The molecule has 0 unspecified atom stereocenters. The van der Waals surface area contributed by atoms with Crippen molar-refractivity contribution in [3.63, 3.8) is 0 Å². The minimum Gasteiger partial charge on any atom is -0.287 e. The number of rotatable bonds is 2. The first-order valence-electron chi connectivity index (χ1n) is 5.31. The Kier molecular flexibility index (Phi) is 3.25. The lowest BCUT2D eigenvalue weighted by atomic mass is 10.1. The Morgan fingerprint density at radius 2 is 1.94 bits per heavy atom. The third-order valence-electron chi connectivity index (χ3n) is 2.58. The first-order valence-corrected chi connectivity index (χ1v) is 5.69. The van der Waals surface area contributed by atoms with Crippen LogP contribution in [0.1, 0.15) is 27.2 Å². The van der Waals surface area contributed by atoms with E-state index in [0.29, 0.717) is 16.3 Å². The SMILES string of the molecule is Cc1ccnc(C(=O)c2ccc(C)c(Cl)c2)c1. The molecule has 2 rings (SSSR count). The van der Waals surface area contributed by atoms with Gasteiger partial charge in [0.1, 0.15) is 5.69 Å². The third-order valence-corrected chi connectivity index (χ3v) is 2.99. The topological polar surface area (TPSA) is 30.0 Å². The van der Waals surface area contributed by atoms with Crippen LogP contribution in [0.3, 0.4) is 0 Å². The zero-order valence-corrected chi connectivity index (χ0v) is 10.5. The van der Waals surface area contributed by atoms with E-state index in [1.54, 1.807) is 24.4 Å². The van der Waals surface area contributed by atoms with Gasteiger partial charge in [-0.05, 0) is 43.2 Å². The predicted molar refractivity (Wildman–Crippen MR) is 68.6 cm³/mol. The third kappa shape index (κ3) is 2.53. The average Bonchev–Trinajstić information content (AvgIpc) is 2.32. The molecular formula is C14H12ClNO. The highest BCUT2D eigenvalue weighted by Gasteiger charge is 2.11. The molecule has 0 aliphatic heterocycles. The van der Waals surface area contributed by atoms with E-state index >= 15 is 0 Å². The van der Waals surface area contributed by atoms with Gasteiger partial charge in [0.05, 0.1) is 0 Å². The molecule has 1 aromatic heterocycles. The van der Waals surface area contributed by atoms with Crippen molar-refractivity contribution in [2.45, 2.75) is 13.8 Å². The van der Waals surface area contributed by atoms with E-state index in [9.17, 15) is 4.79 Å².